The molecule has 1 aliphatic rings. The summed E-state index contributed by atoms with van der Waals surface area (Å²) in [6.07, 6.45) is -6.54. The van der Waals surface area contributed by atoms with Crippen molar-refractivity contribution in [3.63, 3.8) is 0 Å². The van der Waals surface area contributed by atoms with Crippen LogP contribution in [0.3, 0.4) is 0 Å². The Labute approximate surface area is 560 Å². The average Bonchev–Trinajstić information content (AvgIpc) is 1.49. The number of amides is 7. The normalized spacial score (nSPS) is 17.2. The number of thiazole rings is 1. The Morgan fingerprint density at radius 3 is 2.14 bits per heavy atom. The molecule has 0 bridgehead atoms. The Hall–Kier alpha value is -6.43. The van der Waals surface area contributed by atoms with Crippen LogP contribution in [0.2, 0.25) is 0 Å². The minimum atomic E-state index is -1.89. The van der Waals surface area contributed by atoms with E-state index in [0.29, 0.717) is 18.4 Å². The van der Waals surface area contributed by atoms with E-state index in [0.717, 1.165) is 52.3 Å². The van der Waals surface area contributed by atoms with Crippen LogP contribution in [-0.2, 0) is 59.0 Å². The fraction of sp³-hybridized carbons (Fsp3) is 0.689. The van der Waals surface area contributed by atoms with Crippen LogP contribution in [0.4, 0.5) is 4.79 Å². The van der Waals surface area contributed by atoms with Crippen molar-refractivity contribution in [2.24, 2.45) is 23.7 Å². The second-order valence-electron chi connectivity index (χ2n) is 24.0. The van der Waals surface area contributed by atoms with Gasteiger partial charge in [0.05, 0.1) is 24.8 Å². The SMILES string of the molecule is CCC(C)[C@H](NC(=O)[C@H]1CCCCN1C)C(=O)N(COC(=O)CC(C)C)[C@H](C[C@@H](OC(C)=O)c1nc(C(=O)N[C@@H](Cc2ccc(O)cc2)C[C@H](C)C(=O)NNC(=O)OCCSSC[C@H](NC(=O)[C@H](CCC(=O)NC[C@H](O)[C@@H](O)[C@H](O)[C@H](O)CO)NC)C(=O)O)cs1)C(C)C. The molecule has 0 aliphatic carbocycles. The van der Waals surface area contributed by atoms with Crippen molar-refractivity contribution in [2.45, 2.75) is 186 Å². The van der Waals surface area contributed by atoms with Gasteiger partial charge in [0.15, 0.2) is 12.8 Å². The Morgan fingerprint density at radius 1 is 0.851 bits per heavy atom. The summed E-state index contributed by atoms with van der Waals surface area (Å²) >= 11 is 1.03. The standard InChI is InChI=1S/C61H98N10O20S3/c1-11-35(6)51(67-57(84)44-14-12-13-21-70(44)10)59(85)71(32-90-50(78)24-33(2)3)45(34(4)5)27-48(91-37(8)73)58-66-42(30-92-58)56(83)64-39(26-38-15-17-40(74)18-16-38)25-36(7)54(81)68-69-61(88)89-22-23-93-94-31-43(60(86)87)65-55(82)41(62-9)19-20-49(77)63-28-46(75)52(79)53(80)47(76)29-72/h15-18,30,33-36,39,41,43-48,51-53,62,72,74-76,79-80H,11-14,19-29,31-32H2,1-10H3,(H,63,77)(H,64,83)(H,65,82)(H,67,84)(H,68,81)(H,69,88)(H,86,87)/t35?,36-,39+,41-,43-,44+,45+,46-,47+,48+,51-,52+,53+/m0/s1. The predicted molar refractivity (Wildman–Crippen MR) is 349 cm³/mol. The Morgan fingerprint density at radius 2 is 1.53 bits per heavy atom. The quantitative estimate of drug-likeness (QED) is 0.0111. The highest BCUT2D eigenvalue weighted by molar-refractivity contribution is 8.76. The third-order valence-electron chi connectivity index (χ3n) is 15.7. The van der Waals surface area contributed by atoms with Crippen LogP contribution >= 0.6 is 32.9 Å². The smallest absolute Gasteiger partial charge is 0.426 e. The van der Waals surface area contributed by atoms with Crippen molar-refractivity contribution < 1.29 is 97.9 Å². The average molecular weight is 1390 g/mol. The van der Waals surface area contributed by atoms with E-state index in [9.17, 15) is 73.8 Å². The largest absolute Gasteiger partial charge is 0.508 e. The van der Waals surface area contributed by atoms with E-state index < -0.39 is 146 Å². The van der Waals surface area contributed by atoms with Crippen LogP contribution in [0, 0.1) is 23.7 Å². The highest BCUT2D eigenvalue weighted by Crippen LogP contribution is 2.32. The monoisotopic (exact) mass is 1390 g/mol. The van der Waals surface area contributed by atoms with Gasteiger partial charge >= 0.3 is 24.0 Å². The van der Waals surface area contributed by atoms with E-state index in [1.165, 1.54) is 36.4 Å². The molecule has 13 atom stereocenters. The van der Waals surface area contributed by atoms with Crippen molar-refractivity contribution in [3.8, 4) is 5.75 Å². The van der Waals surface area contributed by atoms with E-state index in [1.807, 2.05) is 53.5 Å². The summed E-state index contributed by atoms with van der Waals surface area (Å²) in [7, 11) is 5.47. The molecule has 0 spiro atoms. The second-order valence-corrected chi connectivity index (χ2v) is 27.6. The van der Waals surface area contributed by atoms with Crippen LogP contribution in [0.1, 0.15) is 140 Å². The van der Waals surface area contributed by atoms with E-state index in [-0.39, 0.29) is 96.7 Å². The van der Waals surface area contributed by atoms with Gasteiger partial charge in [-0.15, -0.1) is 11.3 Å². The number of aliphatic hydroxyl groups is 5. The van der Waals surface area contributed by atoms with Gasteiger partial charge in [0, 0.05) is 67.6 Å². The molecule has 2 heterocycles. The van der Waals surface area contributed by atoms with Gasteiger partial charge in [-0.2, -0.15) is 0 Å². The molecule has 33 heteroatoms. The molecule has 0 radical (unpaired) electrons. The number of aromatic nitrogens is 1. The Balaban J connectivity index is 1.66. The maximum atomic E-state index is 15.0. The Kier molecular flexibility index (Phi) is 36.7. The van der Waals surface area contributed by atoms with Gasteiger partial charge in [-0.3, -0.25) is 48.7 Å². The number of carbonyl (C=O) groups is 10. The number of ether oxygens (including phenoxy) is 3. The van der Waals surface area contributed by atoms with Crippen LogP contribution in [0.25, 0.3) is 0 Å². The number of aliphatic hydroxyl groups excluding tert-OH is 5. The van der Waals surface area contributed by atoms with Gasteiger partial charge in [-0.25, -0.2) is 20.0 Å². The first-order valence-corrected chi connectivity index (χ1v) is 34.7. The molecule has 1 saturated heterocycles. The number of carbonyl (C=O) groups excluding carboxylic acids is 9. The molecule has 0 saturated carbocycles. The molecule has 94 heavy (non-hydrogen) atoms. The lowest BCUT2D eigenvalue weighted by Crippen LogP contribution is -2.59. The fourth-order valence-corrected chi connectivity index (χ4v) is 12.8. The predicted octanol–water partition coefficient (Wildman–Crippen LogP) is 1.25. The number of carboxylic acid groups (broad SMARTS) is 1. The van der Waals surface area contributed by atoms with Crippen molar-refractivity contribution in [2.75, 3.05) is 58.6 Å². The van der Waals surface area contributed by atoms with Crippen LogP contribution in [0.5, 0.6) is 5.75 Å². The number of hydrogen-bond donors (Lipinski definition) is 14. The molecule has 1 aliphatic heterocycles. The summed E-state index contributed by atoms with van der Waals surface area (Å²) in [5.41, 5.74) is 5.11. The third kappa shape index (κ3) is 28.5. The number of carboxylic acids is 1. The number of likely N-dealkylation sites (tertiary alicyclic amines) is 1. The van der Waals surface area contributed by atoms with Gasteiger partial charge in [-0.1, -0.05) is 95.0 Å². The molecule has 2 aromatic rings. The van der Waals surface area contributed by atoms with Gasteiger partial charge in [0.25, 0.3) is 5.91 Å². The molecule has 3 rings (SSSR count). The zero-order chi connectivity index (χ0) is 70.4. The van der Waals surface area contributed by atoms with Gasteiger partial charge in [-0.05, 0) is 88.2 Å². The summed E-state index contributed by atoms with van der Waals surface area (Å²) in [4.78, 5) is 140. The lowest BCUT2D eigenvalue weighted by Gasteiger charge is -2.39. The lowest BCUT2D eigenvalue weighted by molar-refractivity contribution is -0.161. The number of hydrazine groups is 1. The number of nitrogens with zero attached hydrogens (tertiary/aromatic N) is 3. The lowest BCUT2D eigenvalue weighted by atomic mass is 9.92. The number of phenols is 1. The number of aliphatic carboxylic acids is 1. The fourth-order valence-electron chi connectivity index (χ4n) is 9.93. The molecule has 1 aromatic heterocycles. The maximum absolute atomic E-state index is 15.0. The molecular weight excluding hydrogens is 1290 g/mol. The minimum Gasteiger partial charge on any atom is -0.508 e. The molecule has 1 aromatic carbocycles. The zero-order valence-corrected chi connectivity index (χ0v) is 57.5. The number of rotatable bonds is 41. The van der Waals surface area contributed by atoms with E-state index >= 15 is 4.79 Å². The summed E-state index contributed by atoms with van der Waals surface area (Å²) < 4.78 is 16.8. The number of phenolic OH excluding ortho intramolecular Hbond substituents is 1. The number of esters is 2. The summed E-state index contributed by atoms with van der Waals surface area (Å²) in [6.45, 7) is 12.7. The van der Waals surface area contributed by atoms with Gasteiger partial charge in [0.1, 0.15) is 53.5 Å². The first kappa shape index (κ1) is 81.8. The van der Waals surface area contributed by atoms with Gasteiger partial charge < -0.3 is 81.4 Å². The topological polar surface area (TPSA) is 444 Å². The number of benzene rings is 1. The molecule has 1 fully saturated rings. The first-order chi connectivity index (χ1) is 44.4. The van der Waals surface area contributed by atoms with Crippen LogP contribution < -0.4 is 37.4 Å². The van der Waals surface area contributed by atoms with E-state index in [2.05, 4.69) is 42.4 Å². The molecule has 14 N–H and O–H groups in total. The summed E-state index contributed by atoms with van der Waals surface area (Å²) in [5.74, 6) is -7.57. The number of piperidine rings is 1. The first-order valence-electron chi connectivity index (χ1n) is 31.4. The third-order valence-corrected chi connectivity index (χ3v) is 19.0. The molecular formula is C61H98N10O20S3. The zero-order valence-electron chi connectivity index (χ0n) is 55.1. The molecule has 7 amide bonds. The van der Waals surface area contributed by atoms with Crippen molar-refractivity contribution in [1.29, 1.82) is 0 Å². The summed E-state index contributed by atoms with van der Waals surface area (Å²) in [5, 5.41) is 83.0. The highest BCUT2D eigenvalue weighted by atomic mass is 33.1. The van der Waals surface area contributed by atoms with Crippen molar-refractivity contribution >= 4 is 92.4 Å². The van der Waals surface area contributed by atoms with Crippen molar-refractivity contribution in [1.82, 2.24) is 52.2 Å². The number of hydrogen-bond acceptors (Lipinski definition) is 25. The molecule has 530 valence electrons. The molecule has 30 nitrogen and oxygen atoms in total. The number of likely N-dealkylation sites (N-methyl/N-ethyl adjacent to an activating group) is 2. The van der Waals surface area contributed by atoms with Gasteiger partial charge in [0.2, 0.25) is 29.5 Å². The maximum Gasteiger partial charge on any atom is 0.426 e. The van der Waals surface area contributed by atoms with Crippen molar-refractivity contribution in [3.05, 3.63) is 45.9 Å². The highest BCUT2D eigenvalue weighted by Gasteiger charge is 2.40. The van der Waals surface area contributed by atoms with Crippen LogP contribution in [0.15, 0.2) is 29.6 Å². The summed E-state index contributed by atoms with van der Waals surface area (Å²) in [6, 6.07) is 0.877. The number of aromatic hydroxyl groups is 1. The van der Waals surface area contributed by atoms with E-state index in [1.54, 1.807) is 19.1 Å². The van der Waals surface area contributed by atoms with Crippen LogP contribution in [-0.4, -0.2) is 229 Å². The second kappa shape index (κ2) is 42.2. The minimum absolute atomic E-state index is 0.000175. The van der Waals surface area contributed by atoms with E-state index in [4.69, 9.17) is 19.3 Å². The molecule has 1 unspecified atom stereocenters. The Bertz CT molecular complexity index is 2750. The number of nitrogens with one attached hydrogen (secondary N) is 7.